The van der Waals surface area contributed by atoms with Gasteiger partial charge in [0.15, 0.2) is 0 Å². The number of rotatable bonds is 1. The molecular formula is C8H17NO. The molecular weight excluding hydrogens is 126 g/mol. The number of carbonyl (C=O) groups excluding carboxylic acids is 1. The quantitative estimate of drug-likeness (QED) is 0.561. The molecule has 0 radical (unpaired) electrons. The van der Waals surface area contributed by atoms with Crippen LogP contribution in [0.25, 0.3) is 0 Å². The van der Waals surface area contributed by atoms with Crippen molar-refractivity contribution in [2.75, 3.05) is 6.54 Å². The van der Waals surface area contributed by atoms with Crippen molar-refractivity contribution in [3.05, 3.63) is 0 Å². The van der Waals surface area contributed by atoms with E-state index in [1.54, 1.807) is 0 Å². The minimum Gasteiger partial charge on any atom is -0.308 e. The molecule has 0 aliphatic carbocycles. The first kappa shape index (κ1) is 9.63. The number of nitrogens with one attached hydrogen (secondary N) is 1. The minimum atomic E-state index is 0.167. The van der Waals surface area contributed by atoms with E-state index in [0.29, 0.717) is 0 Å². The molecule has 1 atom stereocenters. The molecule has 0 spiro atoms. The fourth-order valence-electron chi connectivity index (χ4n) is 0.828. The molecule has 1 fully saturated rings. The third-order valence-corrected chi connectivity index (χ3v) is 1.26. The van der Waals surface area contributed by atoms with Gasteiger partial charge in [-0.05, 0) is 19.4 Å². The Hall–Kier alpha value is -0.370. The van der Waals surface area contributed by atoms with Crippen LogP contribution in [0, 0.1) is 0 Å². The molecule has 1 aliphatic heterocycles. The van der Waals surface area contributed by atoms with Crippen LogP contribution >= 0.6 is 0 Å². The van der Waals surface area contributed by atoms with Crippen molar-refractivity contribution in [3.8, 4) is 0 Å². The lowest BCUT2D eigenvalue weighted by molar-refractivity contribution is -0.109. The molecule has 1 heterocycles. The van der Waals surface area contributed by atoms with Crippen molar-refractivity contribution in [2.45, 2.75) is 39.2 Å². The van der Waals surface area contributed by atoms with Crippen molar-refractivity contribution in [1.82, 2.24) is 5.32 Å². The summed E-state index contributed by atoms with van der Waals surface area (Å²) in [6.07, 6.45) is 4.42. The smallest absolute Gasteiger partial charge is 0.136 e. The van der Waals surface area contributed by atoms with Gasteiger partial charge in [-0.15, -0.1) is 0 Å². The van der Waals surface area contributed by atoms with E-state index in [1.807, 2.05) is 0 Å². The van der Waals surface area contributed by atoms with Crippen LogP contribution in [0.3, 0.4) is 0 Å². The van der Waals surface area contributed by atoms with Crippen LogP contribution in [0.15, 0.2) is 0 Å². The van der Waals surface area contributed by atoms with Gasteiger partial charge in [-0.1, -0.05) is 20.3 Å². The summed E-state index contributed by atoms with van der Waals surface area (Å²) in [6, 6.07) is 0.167. The number of carbonyl (C=O) groups is 1. The van der Waals surface area contributed by atoms with E-state index in [4.69, 9.17) is 0 Å². The Morgan fingerprint density at radius 1 is 1.60 bits per heavy atom. The minimum absolute atomic E-state index is 0.167. The molecule has 0 aromatic carbocycles. The first-order chi connectivity index (χ1) is 4.85. The highest BCUT2D eigenvalue weighted by Gasteiger charge is 2.10. The Balaban J connectivity index is 0.000000236. The van der Waals surface area contributed by atoms with Crippen molar-refractivity contribution in [1.29, 1.82) is 0 Å². The lowest BCUT2D eigenvalue weighted by atomic mass is 10.2. The Morgan fingerprint density at radius 3 is 2.40 bits per heavy atom. The lowest BCUT2D eigenvalue weighted by Gasteiger charge is -1.93. The molecule has 1 saturated heterocycles. The van der Waals surface area contributed by atoms with Crippen LogP contribution in [-0.2, 0) is 4.79 Å². The number of hydrogen-bond acceptors (Lipinski definition) is 2. The Kier molecular flexibility index (Phi) is 6.50. The predicted molar refractivity (Wildman–Crippen MR) is 43.1 cm³/mol. The second kappa shape index (κ2) is 6.75. The van der Waals surface area contributed by atoms with Gasteiger partial charge in [-0.2, -0.15) is 0 Å². The normalized spacial score (nSPS) is 23.2. The predicted octanol–water partition coefficient (Wildman–Crippen LogP) is 1.35. The number of aldehydes is 1. The van der Waals surface area contributed by atoms with Crippen LogP contribution in [0.5, 0.6) is 0 Å². The zero-order valence-electron chi connectivity index (χ0n) is 6.89. The molecule has 1 unspecified atom stereocenters. The van der Waals surface area contributed by atoms with E-state index >= 15 is 0 Å². The zero-order chi connectivity index (χ0) is 7.82. The van der Waals surface area contributed by atoms with E-state index < -0.39 is 0 Å². The summed E-state index contributed by atoms with van der Waals surface area (Å²) < 4.78 is 0. The van der Waals surface area contributed by atoms with Gasteiger partial charge in [0, 0.05) is 0 Å². The average molecular weight is 143 g/mol. The standard InChI is InChI=1S/C5H9NO.C3H8/c7-4-5-2-1-3-6-5;1-3-2/h4-6H,1-3H2;3H2,1-2H3. The fourth-order valence-corrected chi connectivity index (χ4v) is 0.828. The van der Waals surface area contributed by atoms with E-state index in [2.05, 4.69) is 19.2 Å². The molecule has 0 amide bonds. The first-order valence-corrected chi connectivity index (χ1v) is 4.03. The van der Waals surface area contributed by atoms with Crippen molar-refractivity contribution < 1.29 is 4.79 Å². The summed E-state index contributed by atoms with van der Waals surface area (Å²) in [5.41, 5.74) is 0. The SMILES string of the molecule is CCC.O=CC1CCCN1. The lowest BCUT2D eigenvalue weighted by Crippen LogP contribution is -2.21. The summed E-state index contributed by atoms with van der Waals surface area (Å²) in [5.74, 6) is 0. The maximum absolute atomic E-state index is 9.94. The molecule has 0 bridgehead atoms. The van der Waals surface area contributed by atoms with Gasteiger partial charge in [-0.25, -0.2) is 0 Å². The molecule has 0 aromatic rings. The topological polar surface area (TPSA) is 29.1 Å². The monoisotopic (exact) mass is 143 g/mol. The summed E-state index contributed by atoms with van der Waals surface area (Å²) in [7, 11) is 0. The maximum atomic E-state index is 9.94. The second-order valence-electron chi connectivity index (χ2n) is 2.55. The van der Waals surface area contributed by atoms with Gasteiger partial charge >= 0.3 is 0 Å². The van der Waals surface area contributed by atoms with Crippen LogP contribution in [-0.4, -0.2) is 18.9 Å². The molecule has 1 N–H and O–H groups in total. The number of hydrogen-bond donors (Lipinski definition) is 1. The summed E-state index contributed by atoms with van der Waals surface area (Å²) >= 11 is 0. The van der Waals surface area contributed by atoms with Gasteiger partial charge in [-0.3, -0.25) is 0 Å². The van der Waals surface area contributed by atoms with E-state index in [9.17, 15) is 4.79 Å². The molecule has 10 heavy (non-hydrogen) atoms. The third-order valence-electron chi connectivity index (χ3n) is 1.26. The Bertz CT molecular complexity index is 77.3. The van der Waals surface area contributed by atoms with Crippen LogP contribution in [0.2, 0.25) is 0 Å². The van der Waals surface area contributed by atoms with Crippen molar-refractivity contribution >= 4 is 6.29 Å². The summed E-state index contributed by atoms with van der Waals surface area (Å²) in [4.78, 5) is 9.94. The van der Waals surface area contributed by atoms with Crippen LogP contribution < -0.4 is 5.32 Å². The second-order valence-corrected chi connectivity index (χ2v) is 2.55. The molecule has 1 rings (SSSR count). The van der Waals surface area contributed by atoms with E-state index in [0.717, 1.165) is 25.7 Å². The van der Waals surface area contributed by atoms with E-state index in [1.165, 1.54) is 6.42 Å². The summed E-state index contributed by atoms with van der Waals surface area (Å²) in [6.45, 7) is 5.27. The van der Waals surface area contributed by atoms with Gasteiger partial charge in [0.25, 0.3) is 0 Å². The van der Waals surface area contributed by atoms with Crippen molar-refractivity contribution in [2.24, 2.45) is 0 Å². The molecule has 0 aromatic heterocycles. The maximum Gasteiger partial charge on any atom is 0.136 e. The summed E-state index contributed by atoms with van der Waals surface area (Å²) in [5, 5.41) is 3.04. The Labute approximate surface area is 63.0 Å². The molecule has 2 heteroatoms. The molecule has 0 saturated carbocycles. The van der Waals surface area contributed by atoms with Gasteiger partial charge in [0.2, 0.25) is 0 Å². The highest BCUT2D eigenvalue weighted by atomic mass is 16.1. The highest BCUT2D eigenvalue weighted by molar-refractivity contribution is 5.57. The van der Waals surface area contributed by atoms with Gasteiger partial charge < -0.3 is 10.1 Å². The van der Waals surface area contributed by atoms with E-state index in [-0.39, 0.29) is 6.04 Å². The molecule has 2 nitrogen and oxygen atoms in total. The van der Waals surface area contributed by atoms with Gasteiger partial charge in [0.1, 0.15) is 6.29 Å². The fraction of sp³-hybridized carbons (Fsp3) is 0.875. The molecule has 1 aliphatic rings. The first-order valence-electron chi connectivity index (χ1n) is 4.03. The highest BCUT2D eigenvalue weighted by Crippen LogP contribution is 2.00. The van der Waals surface area contributed by atoms with Gasteiger partial charge in [0.05, 0.1) is 6.04 Å². The van der Waals surface area contributed by atoms with Crippen LogP contribution in [0.1, 0.15) is 33.1 Å². The largest absolute Gasteiger partial charge is 0.308 e. The molecule has 60 valence electrons. The van der Waals surface area contributed by atoms with Crippen LogP contribution in [0.4, 0.5) is 0 Å². The zero-order valence-corrected chi connectivity index (χ0v) is 6.89. The third kappa shape index (κ3) is 4.50. The average Bonchev–Trinajstić information content (AvgIpc) is 2.39. The Morgan fingerprint density at radius 2 is 2.20 bits per heavy atom. The van der Waals surface area contributed by atoms with Crippen molar-refractivity contribution in [3.63, 3.8) is 0 Å².